The molecule has 0 unspecified atom stereocenters. The second-order valence-electron chi connectivity index (χ2n) is 16.2. The van der Waals surface area contributed by atoms with E-state index >= 15 is 0 Å². The largest absolute Gasteiger partial charge is 0 e. The summed E-state index contributed by atoms with van der Waals surface area (Å²) in [4.78, 5) is 14.2. The molecule has 0 spiro atoms. The molecule has 4 heterocycles. The summed E-state index contributed by atoms with van der Waals surface area (Å²) in [5.41, 5.74) is 9.83. The zero-order valence-electron chi connectivity index (χ0n) is 37.9. The van der Waals surface area contributed by atoms with Crippen LogP contribution in [-0.2, 0) is 31.9 Å². The van der Waals surface area contributed by atoms with Gasteiger partial charge in [-0.05, 0) is 54.3 Å². The first-order chi connectivity index (χ1) is 27.6. The molecule has 1 radical (unpaired) electrons. The quantitative estimate of drug-likeness (QED) is 0.123. The Kier molecular flexibility index (Phi) is 9.88. The average Bonchev–Trinajstić information content (AvgIpc) is 3.75. The summed E-state index contributed by atoms with van der Waals surface area (Å²) >= 11 is -2.32. The van der Waals surface area contributed by atoms with Crippen molar-refractivity contribution in [2.24, 2.45) is 5.92 Å². The van der Waals surface area contributed by atoms with E-state index in [2.05, 4.69) is 101 Å². The minimum atomic E-state index is -2.32. The molecule has 0 amide bonds. The van der Waals surface area contributed by atoms with Crippen molar-refractivity contribution in [3.05, 3.63) is 138 Å². The van der Waals surface area contributed by atoms with Gasteiger partial charge in [-0.15, -0.1) is 18.2 Å². The molecule has 55 heavy (non-hydrogen) atoms. The molecule has 0 fully saturated rings. The Morgan fingerprint density at radius 2 is 1.67 bits per heavy atom. The number of aryl methyl sites for hydroxylation is 2. The average molecular weight is 969 g/mol. The summed E-state index contributed by atoms with van der Waals surface area (Å²) in [5, 5.41) is 2.02. The molecule has 0 aliphatic carbocycles. The monoisotopic (exact) mass is 970 g/mol. The molecule has 7 heteroatoms. The number of benzene rings is 4. The zero-order chi connectivity index (χ0) is 42.7. The van der Waals surface area contributed by atoms with Crippen molar-refractivity contribution in [2.45, 2.75) is 77.5 Å². The van der Waals surface area contributed by atoms with Gasteiger partial charge in [-0.25, -0.2) is 4.98 Å². The van der Waals surface area contributed by atoms with E-state index in [4.69, 9.17) is 16.3 Å². The summed E-state index contributed by atoms with van der Waals surface area (Å²) in [5.74, 6) is 7.33. The number of hydrogen-bond donors (Lipinski definition) is 0. The molecule has 0 atom stereocenters. The van der Waals surface area contributed by atoms with E-state index in [1.54, 1.807) is 12.1 Å². The Hall–Kier alpha value is -4.36. The van der Waals surface area contributed by atoms with E-state index in [9.17, 15) is 0 Å². The van der Waals surface area contributed by atoms with Gasteiger partial charge in [0.05, 0.1) is 22.4 Å². The second kappa shape index (κ2) is 16.0. The van der Waals surface area contributed by atoms with E-state index in [0.29, 0.717) is 22.5 Å². The number of fused-ring (bicyclic) bond motifs is 4. The van der Waals surface area contributed by atoms with E-state index in [1.165, 1.54) is 11.6 Å². The topological polar surface area (TPSA) is 56.7 Å². The van der Waals surface area contributed by atoms with Gasteiger partial charge in [0.2, 0.25) is 5.71 Å². The van der Waals surface area contributed by atoms with Crippen LogP contribution in [-0.4, -0.2) is 32.8 Å². The smallest absolute Gasteiger partial charge is 0 e. The summed E-state index contributed by atoms with van der Waals surface area (Å²) < 4.78 is 49.1. The van der Waals surface area contributed by atoms with E-state index in [-0.39, 0.29) is 37.0 Å². The molecule has 5 nitrogen and oxygen atoms in total. The maximum Gasteiger partial charge on any atom is 0 e. The first-order valence-corrected chi connectivity index (χ1v) is 25.8. The van der Waals surface area contributed by atoms with Crippen LogP contribution in [0.3, 0.4) is 0 Å². The molecule has 0 aliphatic rings. The molecule has 0 aliphatic heterocycles. The van der Waals surface area contributed by atoms with Crippen LogP contribution in [0.2, 0.25) is 17.3 Å². The minimum Gasteiger partial charge on any atom is 0 e. The van der Waals surface area contributed by atoms with Gasteiger partial charge in [-0.3, -0.25) is 4.98 Å². The van der Waals surface area contributed by atoms with Crippen LogP contribution in [0.15, 0.2) is 108 Å². The number of aromatic nitrogens is 4. The van der Waals surface area contributed by atoms with Crippen LogP contribution in [0.5, 0.6) is 0 Å². The standard InChI is InChI=1S/C29H24N3O.C19H26GeN.Ir/c1-18-12-17-22-21-8-7-9-23(26(21)33-28(22)30-18)27-31-24-10-5-6-11-25(24)32(27)20-15-13-19(14-16-20)29(2,3)4;1-14(2)11-17-12-19(16-9-7-15(3)8-10-16)21-13-18(17)20(4,5)6;/h5-8,10-17H,1-4H3;7-9,12-14H,11H2,1-6H3;/q2*-1;/i;3D3,11D2;. The van der Waals surface area contributed by atoms with Crippen LogP contribution in [0.25, 0.3) is 61.4 Å². The third-order valence-electron chi connectivity index (χ3n) is 9.46. The summed E-state index contributed by atoms with van der Waals surface area (Å²) in [6, 6.07) is 38.0. The number of para-hydroxylation sites is 2. The zero-order valence-corrected chi connectivity index (χ0v) is 37.4. The Balaban J connectivity index is 0.000000204. The second-order valence-corrected chi connectivity index (χ2v) is 26.8. The maximum absolute atomic E-state index is 8.60. The number of rotatable bonds is 6. The fourth-order valence-electron chi connectivity index (χ4n) is 6.66. The Bertz CT molecular complexity index is 2800. The van der Waals surface area contributed by atoms with Crippen LogP contribution < -0.4 is 4.40 Å². The maximum atomic E-state index is 8.60. The van der Waals surface area contributed by atoms with Crippen LogP contribution >= 0.6 is 0 Å². The van der Waals surface area contributed by atoms with Crippen LogP contribution in [0.4, 0.5) is 0 Å². The van der Waals surface area contributed by atoms with Gasteiger partial charge < -0.3 is 8.98 Å². The van der Waals surface area contributed by atoms with Gasteiger partial charge in [-0.2, -0.15) is 0 Å². The van der Waals surface area contributed by atoms with Crippen molar-refractivity contribution in [1.82, 2.24) is 19.5 Å². The van der Waals surface area contributed by atoms with Gasteiger partial charge >= 0.3 is 139 Å². The summed E-state index contributed by atoms with van der Waals surface area (Å²) in [6.45, 7) is 10.3. The fourth-order valence-corrected chi connectivity index (χ4v) is 9.61. The van der Waals surface area contributed by atoms with Crippen molar-refractivity contribution < 1.29 is 31.4 Å². The molecule has 4 aromatic heterocycles. The molecule has 0 saturated carbocycles. The van der Waals surface area contributed by atoms with E-state index < -0.39 is 26.5 Å². The fraction of sp³-hybridized carbons (Fsp3) is 0.271. The normalized spacial score (nSPS) is 13.7. The number of pyridine rings is 2. The Morgan fingerprint density at radius 1 is 0.909 bits per heavy atom. The minimum absolute atomic E-state index is 0. The first-order valence-electron chi connectivity index (χ1n) is 21.0. The van der Waals surface area contributed by atoms with E-state index in [0.717, 1.165) is 54.6 Å². The van der Waals surface area contributed by atoms with Gasteiger partial charge in [0.25, 0.3) is 0 Å². The van der Waals surface area contributed by atoms with Crippen LogP contribution in [0.1, 0.15) is 63.9 Å². The third kappa shape index (κ3) is 8.57. The predicted molar refractivity (Wildman–Crippen MR) is 229 cm³/mol. The van der Waals surface area contributed by atoms with E-state index in [1.807, 2.05) is 69.4 Å². The van der Waals surface area contributed by atoms with Crippen molar-refractivity contribution in [3.63, 3.8) is 0 Å². The molecule has 283 valence electrons. The van der Waals surface area contributed by atoms with Crippen molar-refractivity contribution >= 4 is 50.8 Å². The van der Waals surface area contributed by atoms with Gasteiger partial charge in [0.15, 0.2) is 0 Å². The number of furan rings is 1. The van der Waals surface area contributed by atoms with Crippen LogP contribution in [0, 0.1) is 31.8 Å². The molecular formula is C48H50GeIrN4O-2. The SMILES string of the molecule is Cc1ccc2c(n1)oc1c(-c3nc4ccccc4n3-c3ccc(C(C)(C)C)cc3)[c-]ccc12.[2H]C([2H])([2H])c1c[c-]c(-c2cc(C([2H])([2H])C(C)C)[c]([Ge]([CH3])([CH3])[CH3])cn2)cc1.[Ir]. The number of hydrogen-bond acceptors (Lipinski definition) is 4. The summed E-state index contributed by atoms with van der Waals surface area (Å²) in [6.07, 6.45) is 0.362. The number of imidazole rings is 1. The van der Waals surface area contributed by atoms with Crippen molar-refractivity contribution in [2.75, 3.05) is 0 Å². The molecule has 0 bridgehead atoms. The van der Waals surface area contributed by atoms with Crippen molar-refractivity contribution in [1.29, 1.82) is 0 Å². The molecule has 0 N–H and O–H groups in total. The van der Waals surface area contributed by atoms with Gasteiger partial charge in [-0.1, -0.05) is 56.0 Å². The Labute approximate surface area is 349 Å². The molecule has 8 rings (SSSR count). The molecule has 8 aromatic rings. The Morgan fingerprint density at radius 3 is 2.35 bits per heavy atom. The molecular weight excluding hydrogens is 913 g/mol. The van der Waals surface area contributed by atoms with Crippen molar-refractivity contribution in [3.8, 4) is 28.3 Å². The summed E-state index contributed by atoms with van der Waals surface area (Å²) in [7, 11) is 0. The third-order valence-corrected chi connectivity index (χ3v) is 13.7. The first kappa shape index (κ1) is 33.9. The number of nitrogens with zero attached hydrogens (tertiary/aromatic N) is 4. The molecule has 0 saturated heterocycles. The predicted octanol–water partition coefficient (Wildman–Crippen LogP) is 12.0. The molecule has 4 aromatic carbocycles. The van der Waals surface area contributed by atoms with Gasteiger partial charge in [0.1, 0.15) is 0 Å². The van der Waals surface area contributed by atoms with Gasteiger partial charge in [0, 0.05) is 36.9 Å².